The Balaban J connectivity index is 4.28. The van der Waals surface area contributed by atoms with E-state index in [0.29, 0.717) is 12.8 Å². The highest BCUT2D eigenvalue weighted by atomic mass is 31.2. The number of allylic oxidation sites excluding steroid dienone is 6. The number of hydrogen-bond acceptors (Lipinski definition) is 9. The standard InChI is InChI=1S/C42H77O10P/c1-3-5-7-9-11-13-15-16-17-18-19-20-21-22-24-26-28-30-32-34-42(46)52-40(38-51-53(47,48)50-36-39(44)35-43)37-49-41(45)33-31-29-27-25-23-14-12-10-8-6-4-2/h10-13,16-17,39-40,43-44H,3-9,14-15,18-38H2,1-2H3,(H,47,48)/b12-10+,13-11+,17-16+/t39-,40+/m0/s1. The molecule has 1 unspecified atom stereocenters. The van der Waals surface area contributed by atoms with Gasteiger partial charge in [-0.3, -0.25) is 18.6 Å². The highest BCUT2D eigenvalue weighted by Crippen LogP contribution is 2.43. The second-order valence-electron chi connectivity index (χ2n) is 14.0. The maximum Gasteiger partial charge on any atom is 0.472 e. The molecule has 0 radical (unpaired) electrons. The summed E-state index contributed by atoms with van der Waals surface area (Å²) in [5, 5.41) is 18.3. The number of esters is 2. The first-order valence-corrected chi connectivity index (χ1v) is 22.4. The van der Waals surface area contributed by atoms with Crippen LogP contribution in [0.5, 0.6) is 0 Å². The molecule has 0 aromatic rings. The van der Waals surface area contributed by atoms with Crippen LogP contribution in [0.4, 0.5) is 0 Å². The number of phosphoric ester groups is 1. The molecule has 0 heterocycles. The number of aliphatic hydroxyl groups is 2. The van der Waals surface area contributed by atoms with Gasteiger partial charge in [-0.05, 0) is 64.2 Å². The van der Waals surface area contributed by atoms with Crippen molar-refractivity contribution in [3.63, 3.8) is 0 Å². The van der Waals surface area contributed by atoms with Crippen molar-refractivity contribution in [1.29, 1.82) is 0 Å². The molecule has 0 aliphatic rings. The van der Waals surface area contributed by atoms with Crippen LogP contribution in [-0.2, 0) is 32.7 Å². The van der Waals surface area contributed by atoms with E-state index in [2.05, 4.69) is 54.8 Å². The van der Waals surface area contributed by atoms with E-state index in [-0.39, 0.29) is 19.4 Å². The summed E-state index contributed by atoms with van der Waals surface area (Å²) in [7, 11) is -4.62. The van der Waals surface area contributed by atoms with Gasteiger partial charge in [-0.25, -0.2) is 4.57 Å². The lowest BCUT2D eigenvalue weighted by atomic mass is 10.1. The van der Waals surface area contributed by atoms with Crippen molar-refractivity contribution in [2.24, 2.45) is 0 Å². The molecule has 11 heteroatoms. The molecule has 0 aromatic heterocycles. The van der Waals surface area contributed by atoms with Gasteiger partial charge in [-0.1, -0.05) is 140 Å². The van der Waals surface area contributed by atoms with Crippen LogP contribution in [0.15, 0.2) is 36.5 Å². The van der Waals surface area contributed by atoms with E-state index in [1.54, 1.807) is 0 Å². The smallest absolute Gasteiger partial charge is 0.462 e. The van der Waals surface area contributed by atoms with E-state index in [9.17, 15) is 24.2 Å². The third kappa shape index (κ3) is 38.3. The number of rotatable bonds is 39. The molecule has 0 amide bonds. The second-order valence-corrected chi connectivity index (χ2v) is 15.5. The fourth-order valence-electron chi connectivity index (χ4n) is 5.47. The van der Waals surface area contributed by atoms with Gasteiger partial charge in [-0.2, -0.15) is 0 Å². The predicted octanol–water partition coefficient (Wildman–Crippen LogP) is 10.8. The fourth-order valence-corrected chi connectivity index (χ4v) is 6.26. The van der Waals surface area contributed by atoms with Gasteiger partial charge in [0.25, 0.3) is 0 Å². The zero-order valence-electron chi connectivity index (χ0n) is 33.5. The Morgan fingerprint density at radius 2 is 1.00 bits per heavy atom. The molecule has 0 spiro atoms. The van der Waals surface area contributed by atoms with Gasteiger partial charge in [0.1, 0.15) is 12.7 Å². The quantitative estimate of drug-likeness (QED) is 0.0238. The second kappa shape index (κ2) is 38.5. The lowest BCUT2D eigenvalue weighted by molar-refractivity contribution is -0.161. The van der Waals surface area contributed by atoms with Crippen molar-refractivity contribution in [1.82, 2.24) is 0 Å². The largest absolute Gasteiger partial charge is 0.472 e. The van der Waals surface area contributed by atoms with Crippen molar-refractivity contribution in [3.8, 4) is 0 Å². The van der Waals surface area contributed by atoms with Crippen molar-refractivity contribution in [2.75, 3.05) is 26.4 Å². The van der Waals surface area contributed by atoms with Crippen molar-refractivity contribution < 1.29 is 47.8 Å². The Bertz CT molecular complexity index is 983. The number of ether oxygens (including phenoxy) is 2. The Labute approximate surface area is 322 Å². The van der Waals surface area contributed by atoms with E-state index in [4.69, 9.17) is 19.1 Å². The van der Waals surface area contributed by atoms with Crippen LogP contribution in [-0.4, -0.2) is 65.7 Å². The summed E-state index contributed by atoms with van der Waals surface area (Å²) >= 11 is 0. The van der Waals surface area contributed by atoms with Crippen molar-refractivity contribution >= 4 is 19.8 Å². The number of hydrogen-bond donors (Lipinski definition) is 3. The van der Waals surface area contributed by atoms with Crippen LogP contribution in [0, 0.1) is 0 Å². The zero-order valence-corrected chi connectivity index (χ0v) is 34.4. The van der Waals surface area contributed by atoms with E-state index in [0.717, 1.165) is 70.6 Å². The van der Waals surface area contributed by atoms with Gasteiger partial charge in [0.05, 0.1) is 19.8 Å². The van der Waals surface area contributed by atoms with Crippen LogP contribution >= 0.6 is 7.82 Å². The van der Waals surface area contributed by atoms with Crippen LogP contribution in [0.1, 0.15) is 181 Å². The first-order valence-electron chi connectivity index (χ1n) is 20.9. The third-order valence-corrected chi connectivity index (χ3v) is 9.72. The van der Waals surface area contributed by atoms with Crippen molar-refractivity contribution in [2.45, 2.75) is 193 Å². The van der Waals surface area contributed by atoms with Gasteiger partial charge < -0.3 is 24.6 Å². The number of aliphatic hydroxyl groups excluding tert-OH is 2. The normalized spacial score (nSPS) is 14.3. The number of unbranched alkanes of at least 4 members (excludes halogenated alkanes) is 19. The lowest BCUT2D eigenvalue weighted by Gasteiger charge is -2.20. The molecule has 10 nitrogen and oxygen atoms in total. The monoisotopic (exact) mass is 773 g/mol. The molecule has 0 aromatic carbocycles. The van der Waals surface area contributed by atoms with Gasteiger partial charge in [-0.15, -0.1) is 0 Å². The van der Waals surface area contributed by atoms with Gasteiger partial charge in [0.2, 0.25) is 0 Å². The van der Waals surface area contributed by atoms with E-state index >= 15 is 0 Å². The van der Waals surface area contributed by atoms with Crippen LogP contribution in [0.2, 0.25) is 0 Å². The maximum absolute atomic E-state index is 12.6. The van der Waals surface area contributed by atoms with Crippen LogP contribution in [0.3, 0.4) is 0 Å². The Morgan fingerprint density at radius 3 is 1.53 bits per heavy atom. The van der Waals surface area contributed by atoms with Gasteiger partial charge in [0.15, 0.2) is 6.10 Å². The number of carbonyl (C=O) groups is 2. The molecule has 3 atom stereocenters. The molecule has 3 N–H and O–H groups in total. The van der Waals surface area contributed by atoms with E-state index < -0.39 is 51.8 Å². The molecule has 0 fully saturated rings. The molecule has 0 aliphatic heterocycles. The third-order valence-electron chi connectivity index (χ3n) is 8.77. The predicted molar refractivity (Wildman–Crippen MR) is 214 cm³/mol. The van der Waals surface area contributed by atoms with Crippen molar-refractivity contribution in [3.05, 3.63) is 36.5 Å². The van der Waals surface area contributed by atoms with Crippen LogP contribution < -0.4 is 0 Å². The zero-order chi connectivity index (χ0) is 39.1. The summed E-state index contributed by atoms with van der Waals surface area (Å²) in [6.07, 6.45) is 38.2. The molecule has 0 bridgehead atoms. The Kier molecular flexibility index (Phi) is 37.2. The van der Waals surface area contributed by atoms with Crippen LogP contribution in [0.25, 0.3) is 0 Å². The molecule has 0 saturated carbocycles. The van der Waals surface area contributed by atoms with Gasteiger partial charge in [0, 0.05) is 12.8 Å². The van der Waals surface area contributed by atoms with E-state index in [1.165, 1.54) is 70.6 Å². The summed E-state index contributed by atoms with van der Waals surface area (Å²) < 4.78 is 32.6. The molecule has 310 valence electrons. The fraction of sp³-hybridized carbons (Fsp3) is 0.810. The first kappa shape index (κ1) is 51.2. The minimum atomic E-state index is -4.62. The molecular weight excluding hydrogens is 695 g/mol. The minimum absolute atomic E-state index is 0.178. The average Bonchev–Trinajstić information content (AvgIpc) is 3.14. The molecule has 53 heavy (non-hydrogen) atoms. The minimum Gasteiger partial charge on any atom is -0.462 e. The topological polar surface area (TPSA) is 149 Å². The highest BCUT2D eigenvalue weighted by molar-refractivity contribution is 7.47. The highest BCUT2D eigenvalue weighted by Gasteiger charge is 2.27. The van der Waals surface area contributed by atoms with Gasteiger partial charge >= 0.3 is 19.8 Å². The Hall–Kier alpha value is -1.81. The van der Waals surface area contributed by atoms with E-state index in [1.807, 2.05) is 0 Å². The maximum atomic E-state index is 12.6. The molecular formula is C42H77O10P. The number of carbonyl (C=O) groups excluding carboxylic acids is 2. The summed E-state index contributed by atoms with van der Waals surface area (Å²) in [5.41, 5.74) is 0. The summed E-state index contributed by atoms with van der Waals surface area (Å²) in [6, 6.07) is 0. The molecule has 0 saturated heterocycles. The first-order chi connectivity index (χ1) is 25.7. The molecule has 0 rings (SSSR count). The number of phosphoric acid groups is 1. The Morgan fingerprint density at radius 1 is 0.566 bits per heavy atom. The lowest BCUT2D eigenvalue weighted by Crippen LogP contribution is -2.29. The summed E-state index contributed by atoms with van der Waals surface area (Å²) in [4.78, 5) is 34.9. The molecule has 0 aliphatic carbocycles. The summed E-state index contributed by atoms with van der Waals surface area (Å²) in [5.74, 6) is -0.941. The average molecular weight is 773 g/mol. The summed E-state index contributed by atoms with van der Waals surface area (Å²) in [6.45, 7) is 2.30. The SMILES string of the molecule is CCCC/C=C/CCCCCCCC(=O)OC[C@H](COP(=O)(O)OC[C@@H](O)CO)OC(=O)CCCCCCCCCCC/C=C/C/C=C/CCCCC.